The monoisotopic (exact) mass is 447 g/mol. The van der Waals surface area contributed by atoms with Crippen molar-refractivity contribution in [1.29, 1.82) is 0 Å². The second kappa shape index (κ2) is 8.46. The lowest BCUT2D eigenvalue weighted by molar-refractivity contribution is -0.117. The summed E-state index contributed by atoms with van der Waals surface area (Å²) in [5.74, 6) is -0.156. The van der Waals surface area contributed by atoms with Crippen molar-refractivity contribution in [3.8, 4) is 0 Å². The highest BCUT2D eigenvalue weighted by atomic mass is 35.5. The molecule has 2 aromatic rings. The Labute approximate surface area is 172 Å². The summed E-state index contributed by atoms with van der Waals surface area (Å²) in [5.41, 5.74) is 1.59. The van der Waals surface area contributed by atoms with Gasteiger partial charge in [-0.1, -0.05) is 29.3 Å². The van der Waals surface area contributed by atoms with E-state index in [0.29, 0.717) is 41.2 Å². The fourth-order valence-electron chi connectivity index (χ4n) is 2.77. The van der Waals surface area contributed by atoms with Crippen LogP contribution in [0, 0.1) is 6.92 Å². The lowest BCUT2D eigenvalue weighted by Crippen LogP contribution is -2.50. The van der Waals surface area contributed by atoms with Crippen molar-refractivity contribution in [3.63, 3.8) is 0 Å². The number of hydrogen-bond acceptors (Lipinski definition) is 5. The number of nitrogens with one attached hydrogen (secondary N) is 1. The van der Waals surface area contributed by atoms with Gasteiger partial charge in [-0.2, -0.15) is 4.31 Å². The van der Waals surface area contributed by atoms with Crippen LogP contribution >= 0.6 is 34.5 Å². The SMILES string of the molecule is Cc1ccc(NC(=O)CN2CCN(S(=O)(=O)c3ccc(Cl)s3)CC2)cc1Cl. The van der Waals surface area contributed by atoms with Crippen LogP contribution in [0.2, 0.25) is 9.36 Å². The normalized spacial score (nSPS) is 16.4. The minimum atomic E-state index is -3.52. The Kier molecular flexibility index (Phi) is 6.45. The molecule has 0 saturated carbocycles. The first-order chi connectivity index (χ1) is 12.8. The molecule has 3 rings (SSSR count). The van der Waals surface area contributed by atoms with Crippen LogP contribution in [-0.2, 0) is 14.8 Å². The van der Waals surface area contributed by atoms with E-state index in [1.165, 1.54) is 10.4 Å². The standard InChI is InChI=1S/C17H19Cl2N3O3S2/c1-12-2-3-13(10-14(12)18)20-16(23)11-21-6-8-22(9-7-21)27(24,25)17-5-4-15(19)26-17/h2-5,10H,6-9,11H2,1H3,(H,20,23). The van der Waals surface area contributed by atoms with E-state index in [9.17, 15) is 13.2 Å². The maximum absolute atomic E-state index is 12.6. The molecular weight excluding hydrogens is 429 g/mol. The maximum Gasteiger partial charge on any atom is 0.252 e. The number of anilines is 1. The summed E-state index contributed by atoms with van der Waals surface area (Å²) in [5, 5.41) is 3.41. The smallest absolute Gasteiger partial charge is 0.252 e. The largest absolute Gasteiger partial charge is 0.325 e. The van der Waals surface area contributed by atoms with Crippen LogP contribution in [0.15, 0.2) is 34.5 Å². The van der Waals surface area contributed by atoms with E-state index in [1.54, 1.807) is 18.2 Å². The molecule has 1 fully saturated rings. The molecule has 1 aromatic carbocycles. The first-order valence-corrected chi connectivity index (χ1v) is 11.3. The average Bonchev–Trinajstić information content (AvgIpc) is 3.06. The number of piperazine rings is 1. The number of aryl methyl sites for hydroxylation is 1. The zero-order chi connectivity index (χ0) is 19.6. The Morgan fingerprint density at radius 2 is 1.85 bits per heavy atom. The van der Waals surface area contributed by atoms with Crippen LogP contribution in [0.25, 0.3) is 0 Å². The molecule has 1 aromatic heterocycles. The zero-order valence-electron chi connectivity index (χ0n) is 14.6. The van der Waals surface area contributed by atoms with Crippen molar-refractivity contribution in [2.45, 2.75) is 11.1 Å². The molecule has 1 N–H and O–H groups in total. The Balaban J connectivity index is 1.53. The molecule has 10 heteroatoms. The van der Waals surface area contributed by atoms with Crippen molar-refractivity contribution in [2.75, 3.05) is 38.0 Å². The van der Waals surface area contributed by atoms with Gasteiger partial charge in [0.05, 0.1) is 10.9 Å². The van der Waals surface area contributed by atoms with Crippen molar-refractivity contribution in [1.82, 2.24) is 9.21 Å². The Morgan fingerprint density at radius 3 is 2.44 bits per heavy atom. The van der Waals surface area contributed by atoms with Crippen LogP contribution in [-0.4, -0.2) is 56.3 Å². The summed E-state index contributed by atoms with van der Waals surface area (Å²) in [7, 11) is -3.52. The summed E-state index contributed by atoms with van der Waals surface area (Å²) < 4.78 is 27.3. The number of amides is 1. The van der Waals surface area contributed by atoms with Gasteiger partial charge in [-0.25, -0.2) is 8.42 Å². The number of nitrogens with zero attached hydrogens (tertiary/aromatic N) is 2. The number of benzene rings is 1. The molecule has 0 aliphatic carbocycles. The van der Waals surface area contributed by atoms with Gasteiger partial charge < -0.3 is 5.32 Å². The number of thiophene rings is 1. The molecule has 1 aliphatic heterocycles. The predicted octanol–water partition coefficient (Wildman–Crippen LogP) is 3.31. The van der Waals surface area contributed by atoms with Gasteiger partial charge in [0.25, 0.3) is 10.0 Å². The fourth-order valence-corrected chi connectivity index (χ4v) is 6.01. The van der Waals surface area contributed by atoms with Crippen LogP contribution in [0.3, 0.4) is 0 Å². The quantitative estimate of drug-likeness (QED) is 0.762. The van der Waals surface area contributed by atoms with Gasteiger partial charge in [0, 0.05) is 36.9 Å². The summed E-state index contributed by atoms with van der Waals surface area (Å²) in [6.45, 7) is 3.74. The molecule has 0 radical (unpaired) electrons. The molecule has 1 saturated heterocycles. The number of carbonyl (C=O) groups is 1. The molecule has 0 spiro atoms. The van der Waals surface area contributed by atoms with Crippen molar-refractivity contribution in [3.05, 3.63) is 45.3 Å². The number of carbonyl (C=O) groups excluding carboxylic acids is 1. The molecule has 0 unspecified atom stereocenters. The Hall–Kier alpha value is -1.16. The highest BCUT2D eigenvalue weighted by Crippen LogP contribution is 2.28. The van der Waals surface area contributed by atoms with Crippen LogP contribution in [0.4, 0.5) is 5.69 Å². The average molecular weight is 448 g/mol. The van der Waals surface area contributed by atoms with Crippen molar-refractivity contribution < 1.29 is 13.2 Å². The lowest BCUT2D eigenvalue weighted by Gasteiger charge is -2.33. The van der Waals surface area contributed by atoms with E-state index in [-0.39, 0.29) is 16.7 Å². The van der Waals surface area contributed by atoms with E-state index in [4.69, 9.17) is 23.2 Å². The molecule has 1 amide bonds. The summed E-state index contributed by atoms with van der Waals surface area (Å²) >= 11 is 13.0. The van der Waals surface area contributed by atoms with Crippen LogP contribution in [0.1, 0.15) is 5.56 Å². The number of halogens is 2. The number of rotatable bonds is 5. The molecule has 27 heavy (non-hydrogen) atoms. The third-order valence-electron chi connectivity index (χ3n) is 4.30. The van der Waals surface area contributed by atoms with E-state index >= 15 is 0 Å². The van der Waals surface area contributed by atoms with E-state index in [1.807, 2.05) is 17.9 Å². The highest BCUT2D eigenvalue weighted by Gasteiger charge is 2.30. The van der Waals surface area contributed by atoms with Gasteiger partial charge in [-0.15, -0.1) is 11.3 Å². The highest BCUT2D eigenvalue weighted by molar-refractivity contribution is 7.91. The summed E-state index contributed by atoms with van der Waals surface area (Å²) in [6, 6.07) is 8.46. The van der Waals surface area contributed by atoms with E-state index < -0.39 is 10.0 Å². The minimum absolute atomic E-state index is 0.156. The first-order valence-electron chi connectivity index (χ1n) is 8.29. The topological polar surface area (TPSA) is 69.7 Å². The van der Waals surface area contributed by atoms with E-state index in [0.717, 1.165) is 16.9 Å². The van der Waals surface area contributed by atoms with Crippen LogP contribution in [0.5, 0.6) is 0 Å². The third-order valence-corrected chi connectivity index (χ3v) is 8.30. The molecule has 2 heterocycles. The number of hydrogen-bond donors (Lipinski definition) is 1. The third kappa shape index (κ3) is 5.01. The van der Waals surface area contributed by atoms with Gasteiger partial charge >= 0.3 is 0 Å². The van der Waals surface area contributed by atoms with Crippen molar-refractivity contribution in [2.24, 2.45) is 0 Å². The fraction of sp³-hybridized carbons (Fsp3) is 0.353. The van der Waals surface area contributed by atoms with Gasteiger partial charge in [0.15, 0.2) is 0 Å². The molecule has 0 bridgehead atoms. The van der Waals surface area contributed by atoms with E-state index in [2.05, 4.69) is 5.32 Å². The van der Waals surface area contributed by atoms with Gasteiger partial charge in [-0.05, 0) is 36.8 Å². The Morgan fingerprint density at radius 1 is 1.15 bits per heavy atom. The molecule has 6 nitrogen and oxygen atoms in total. The Bertz CT molecular complexity index is 939. The molecule has 1 aliphatic rings. The van der Waals surface area contributed by atoms with Gasteiger partial charge in [0.2, 0.25) is 5.91 Å². The van der Waals surface area contributed by atoms with Gasteiger partial charge in [0.1, 0.15) is 4.21 Å². The van der Waals surface area contributed by atoms with Crippen LogP contribution < -0.4 is 5.32 Å². The number of sulfonamides is 1. The second-order valence-electron chi connectivity index (χ2n) is 6.25. The second-order valence-corrected chi connectivity index (χ2v) is 10.5. The molecular formula is C17H19Cl2N3O3S2. The predicted molar refractivity (Wildman–Crippen MR) is 109 cm³/mol. The first kappa shape index (κ1) is 20.6. The minimum Gasteiger partial charge on any atom is -0.325 e. The van der Waals surface area contributed by atoms with Crippen molar-refractivity contribution >= 4 is 56.2 Å². The molecule has 0 atom stereocenters. The summed E-state index contributed by atoms with van der Waals surface area (Å²) in [4.78, 5) is 14.2. The zero-order valence-corrected chi connectivity index (χ0v) is 17.8. The molecule has 146 valence electrons. The summed E-state index contributed by atoms with van der Waals surface area (Å²) in [6.07, 6.45) is 0. The maximum atomic E-state index is 12.6. The van der Waals surface area contributed by atoms with Gasteiger partial charge in [-0.3, -0.25) is 9.69 Å². The lowest BCUT2D eigenvalue weighted by atomic mass is 10.2.